The predicted octanol–water partition coefficient (Wildman–Crippen LogP) is 4.41. The number of rotatable bonds is 9. The SMILES string of the molecule is CCOC(=O)n1cc(-c2ccc(NN[C@H]3CC[C@H](Nc4ncc(OC(F)F)cn4)C3)nc2)c(=O)c2ccccc21. The number of para-hydroxylation sites is 1. The summed E-state index contributed by atoms with van der Waals surface area (Å²) in [5.74, 6) is 0.803. The minimum absolute atomic E-state index is 0.0977. The van der Waals surface area contributed by atoms with Crippen LogP contribution in [0.3, 0.4) is 0 Å². The van der Waals surface area contributed by atoms with Gasteiger partial charge in [-0.25, -0.2) is 25.2 Å². The zero-order valence-electron chi connectivity index (χ0n) is 21.5. The van der Waals surface area contributed by atoms with E-state index in [1.54, 1.807) is 49.5 Å². The molecule has 3 heterocycles. The van der Waals surface area contributed by atoms with Crippen LogP contribution in [0.1, 0.15) is 26.2 Å². The molecule has 0 unspecified atom stereocenters. The lowest BCUT2D eigenvalue weighted by atomic mass is 10.1. The number of carbonyl (C=O) groups excluding carboxylic acids is 1. The van der Waals surface area contributed by atoms with E-state index in [9.17, 15) is 18.4 Å². The van der Waals surface area contributed by atoms with Crippen molar-refractivity contribution in [2.24, 2.45) is 0 Å². The van der Waals surface area contributed by atoms with Gasteiger partial charge in [0, 0.05) is 41.0 Å². The summed E-state index contributed by atoms with van der Waals surface area (Å²) in [5, 5.41) is 3.61. The highest BCUT2D eigenvalue weighted by molar-refractivity contribution is 5.91. The first-order chi connectivity index (χ1) is 19.4. The van der Waals surface area contributed by atoms with Crippen LogP contribution in [-0.2, 0) is 4.74 Å². The van der Waals surface area contributed by atoms with E-state index in [4.69, 9.17) is 4.74 Å². The third kappa shape index (κ3) is 6.15. The van der Waals surface area contributed by atoms with Crippen molar-refractivity contribution in [3.8, 4) is 16.9 Å². The Bertz CT molecular complexity index is 1530. The van der Waals surface area contributed by atoms with Crippen molar-refractivity contribution in [2.75, 3.05) is 17.3 Å². The van der Waals surface area contributed by atoms with Crippen LogP contribution in [0.25, 0.3) is 22.0 Å². The summed E-state index contributed by atoms with van der Waals surface area (Å²) in [4.78, 5) is 38.2. The third-order valence-electron chi connectivity index (χ3n) is 6.47. The molecule has 0 spiro atoms. The summed E-state index contributed by atoms with van der Waals surface area (Å²) >= 11 is 0. The average Bonchev–Trinajstić information content (AvgIpc) is 3.41. The van der Waals surface area contributed by atoms with Gasteiger partial charge >= 0.3 is 12.7 Å². The normalized spacial score (nSPS) is 16.7. The van der Waals surface area contributed by atoms with Gasteiger partial charge in [-0.05, 0) is 50.5 Å². The van der Waals surface area contributed by atoms with Crippen molar-refractivity contribution < 1.29 is 23.0 Å². The molecule has 0 radical (unpaired) electrons. The van der Waals surface area contributed by atoms with E-state index >= 15 is 0 Å². The number of hydrogen-bond acceptors (Lipinski definition) is 10. The highest BCUT2D eigenvalue weighted by Gasteiger charge is 2.25. The lowest BCUT2D eigenvalue weighted by Gasteiger charge is -2.16. The molecule has 208 valence electrons. The molecule has 1 aliphatic carbocycles. The van der Waals surface area contributed by atoms with E-state index in [-0.39, 0.29) is 29.9 Å². The molecule has 1 aromatic carbocycles. The number of halogens is 2. The van der Waals surface area contributed by atoms with Crippen molar-refractivity contribution in [3.63, 3.8) is 0 Å². The zero-order chi connectivity index (χ0) is 28.1. The number of pyridine rings is 2. The van der Waals surface area contributed by atoms with Crippen molar-refractivity contribution in [1.82, 2.24) is 24.9 Å². The number of anilines is 2. The Hall–Kier alpha value is -4.65. The van der Waals surface area contributed by atoms with Crippen molar-refractivity contribution in [2.45, 2.75) is 44.9 Å². The van der Waals surface area contributed by atoms with Gasteiger partial charge in [0.15, 0.2) is 11.2 Å². The molecule has 3 aromatic heterocycles. The van der Waals surface area contributed by atoms with Gasteiger partial charge in [-0.3, -0.25) is 9.36 Å². The van der Waals surface area contributed by atoms with Gasteiger partial charge in [0.1, 0.15) is 5.82 Å². The second-order valence-electron chi connectivity index (χ2n) is 9.13. The molecule has 3 N–H and O–H groups in total. The summed E-state index contributed by atoms with van der Waals surface area (Å²) in [7, 11) is 0. The van der Waals surface area contributed by atoms with Gasteiger partial charge in [-0.2, -0.15) is 8.78 Å². The molecule has 1 aliphatic rings. The highest BCUT2D eigenvalue weighted by atomic mass is 19.3. The Morgan fingerprint density at radius 3 is 2.58 bits per heavy atom. The third-order valence-corrected chi connectivity index (χ3v) is 6.47. The lowest BCUT2D eigenvalue weighted by molar-refractivity contribution is -0.0503. The van der Waals surface area contributed by atoms with Gasteiger partial charge in [0.25, 0.3) is 0 Å². The molecule has 2 atom stereocenters. The minimum Gasteiger partial charge on any atom is -0.449 e. The van der Waals surface area contributed by atoms with E-state index in [1.165, 1.54) is 23.2 Å². The second-order valence-corrected chi connectivity index (χ2v) is 9.13. The molecule has 1 saturated carbocycles. The maximum absolute atomic E-state index is 13.2. The molecule has 1 fully saturated rings. The number of nitrogens with one attached hydrogen (secondary N) is 3. The minimum atomic E-state index is -2.92. The van der Waals surface area contributed by atoms with Crippen LogP contribution in [0, 0.1) is 0 Å². The highest BCUT2D eigenvalue weighted by Crippen LogP contribution is 2.24. The monoisotopic (exact) mass is 551 g/mol. The van der Waals surface area contributed by atoms with E-state index in [0.717, 1.165) is 19.3 Å². The Kier molecular flexibility index (Phi) is 8.10. The summed E-state index contributed by atoms with van der Waals surface area (Å²) in [6.45, 7) is -0.992. The van der Waals surface area contributed by atoms with Crippen LogP contribution < -0.4 is 26.3 Å². The average molecular weight is 552 g/mol. The number of carbonyl (C=O) groups is 1. The fourth-order valence-corrected chi connectivity index (χ4v) is 4.61. The number of benzene rings is 1. The largest absolute Gasteiger partial charge is 0.449 e. The van der Waals surface area contributed by atoms with Crippen LogP contribution in [0.2, 0.25) is 0 Å². The molecule has 0 bridgehead atoms. The fraction of sp³-hybridized carbons (Fsp3) is 0.296. The second kappa shape index (κ2) is 12.0. The number of hydrogen-bond donors (Lipinski definition) is 3. The molecule has 40 heavy (non-hydrogen) atoms. The van der Waals surface area contributed by atoms with Gasteiger partial charge < -0.3 is 20.2 Å². The molecular formula is C27H27F2N7O4. The number of aromatic nitrogens is 4. The van der Waals surface area contributed by atoms with Crippen LogP contribution in [0.15, 0.2) is 66.0 Å². The van der Waals surface area contributed by atoms with Gasteiger partial charge in [0.2, 0.25) is 5.95 Å². The van der Waals surface area contributed by atoms with Gasteiger partial charge in [-0.1, -0.05) is 12.1 Å². The smallest absolute Gasteiger partial charge is 0.418 e. The molecule has 11 nitrogen and oxygen atoms in total. The number of alkyl halides is 2. The van der Waals surface area contributed by atoms with Gasteiger partial charge in [-0.15, -0.1) is 0 Å². The molecular weight excluding hydrogens is 524 g/mol. The Morgan fingerprint density at radius 1 is 1.07 bits per heavy atom. The molecule has 0 amide bonds. The topological polar surface area (TPSA) is 132 Å². The van der Waals surface area contributed by atoms with Crippen LogP contribution in [0.4, 0.5) is 25.3 Å². The summed E-state index contributed by atoms with van der Waals surface area (Å²) < 4.78 is 35.3. The first kappa shape index (κ1) is 26.9. The lowest BCUT2D eigenvalue weighted by Crippen LogP contribution is -2.33. The summed E-state index contributed by atoms with van der Waals surface area (Å²) in [5.41, 5.74) is 7.52. The zero-order valence-corrected chi connectivity index (χ0v) is 21.5. The van der Waals surface area contributed by atoms with Crippen molar-refractivity contribution >= 4 is 28.8 Å². The maximum atomic E-state index is 13.2. The van der Waals surface area contributed by atoms with E-state index in [0.29, 0.717) is 33.8 Å². The Balaban J connectivity index is 1.21. The predicted molar refractivity (Wildman–Crippen MR) is 144 cm³/mol. The van der Waals surface area contributed by atoms with E-state index in [1.807, 2.05) is 0 Å². The first-order valence-electron chi connectivity index (χ1n) is 12.7. The van der Waals surface area contributed by atoms with Crippen LogP contribution in [0.5, 0.6) is 5.75 Å². The quantitative estimate of drug-likeness (QED) is 0.257. The molecule has 5 rings (SSSR count). The number of nitrogens with zero attached hydrogens (tertiary/aromatic N) is 4. The standard InChI is InChI=1S/C27H27F2N7O4/c1-2-39-27(38)36-15-21(24(37)20-5-3-4-6-22(20)36)16-7-10-23(30-12-16)35-34-18-9-8-17(11-18)33-26-31-13-19(14-32-26)40-25(28)29/h3-7,10,12-15,17-18,25,34H,2,8-9,11H2,1H3,(H,30,35)(H,31,32,33)/t17-,18-/m0/s1. The Labute approximate surface area is 227 Å². The van der Waals surface area contributed by atoms with Crippen LogP contribution >= 0.6 is 0 Å². The number of fused-ring (bicyclic) bond motifs is 1. The van der Waals surface area contributed by atoms with E-state index < -0.39 is 12.7 Å². The van der Waals surface area contributed by atoms with Gasteiger partial charge in [0.05, 0.1) is 24.5 Å². The van der Waals surface area contributed by atoms with Crippen molar-refractivity contribution in [1.29, 1.82) is 0 Å². The molecule has 0 aliphatic heterocycles. The summed E-state index contributed by atoms with van der Waals surface area (Å²) in [6, 6.07) is 10.6. The van der Waals surface area contributed by atoms with Crippen LogP contribution in [-0.4, -0.2) is 50.9 Å². The number of hydrazine groups is 1. The molecule has 0 saturated heterocycles. The van der Waals surface area contributed by atoms with E-state index in [2.05, 4.69) is 35.9 Å². The number of ether oxygens (including phenoxy) is 2. The summed E-state index contributed by atoms with van der Waals surface area (Å²) in [6.07, 6.45) is 7.40. The van der Waals surface area contributed by atoms with Crippen molar-refractivity contribution in [3.05, 3.63) is 71.4 Å². The molecule has 4 aromatic rings. The maximum Gasteiger partial charge on any atom is 0.418 e. The Morgan fingerprint density at radius 2 is 1.85 bits per heavy atom. The molecule has 13 heteroatoms. The fourth-order valence-electron chi connectivity index (χ4n) is 4.61. The first-order valence-corrected chi connectivity index (χ1v) is 12.7.